The molecule has 0 amide bonds. The van der Waals surface area contributed by atoms with Crippen LogP contribution in [0.1, 0.15) is 0 Å². The van der Waals surface area contributed by atoms with Crippen molar-refractivity contribution in [2.75, 3.05) is 21.3 Å². The van der Waals surface area contributed by atoms with Crippen LogP contribution in [0.25, 0.3) is 0 Å². The Bertz CT molecular complexity index is 230. The van der Waals surface area contributed by atoms with E-state index in [1.807, 2.05) is 0 Å². The number of nitrogens with zero attached hydrogens (tertiary/aromatic N) is 4. The highest BCUT2D eigenvalue weighted by Crippen LogP contribution is 2.07. The summed E-state index contributed by atoms with van der Waals surface area (Å²) in [7, 11) is 1.99. The molecule has 0 radical (unpaired) electrons. The van der Waals surface area contributed by atoms with Crippen LogP contribution in [-0.4, -0.2) is 50.3 Å². The van der Waals surface area contributed by atoms with Gasteiger partial charge in [-0.15, -0.1) is 10.2 Å². The molecule has 0 unspecified atom stereocenters. The Morgan fingerprint density at radius 1 is 1.23 bits per heavy atom. The number of rotatable bonds is 5. The van der Waals surface area contributed by atoms with Crippen molar-refractivity contribution in [3.05, 3.63) is 6.33 Å². The van der Waals surface area contributed by atoms with Gasteiger partial charge in [0.05, 0.1) is 0 Å². The van der Waals surface area contributed by atoms with Crippen molar-refractivity contribution in [1.82, 2.24) is 20.2 Å². The van der Waals surface area contributed by atoms with Crippen molar-refractivity contribution in [2.45, 2.75) is 6.17 Å². The molecule has 1 heterocycles. The van der Waals surface area contributed by atoms with Crippen LogP contribution < -0.4 is 0 Å². The minimum absolute atomic E-state index is 0.358. The Morgan fingerprint density at radius 2 is 1.85 bits per heavy atom. The molecule has 0 saturated carbocycles. The third-order valence-corrected chi connectivity index (χ3v) is 4.20. The molecule has 13 heavy (non-hydrogen) atoms. The average molecular weight is 204 g/mol. The number of hydrogen-bond acceptors (Lipinski definition) is 6. The van der Waals surface area contributed by atoms with Crippen molar-refractivity contribution >= 4 is 8.80 Å². The van der Waals surface area contributed by atoms with E-state index in [1.165, 1.54) is 32.5 Å². The Labute approximate surface area is 77.0 Å². The summed E-state index contributed by atoms with van der Waals surface area (Å²) in [6.45, 7) is 0. The first-order valence-electron chi connectivity index (χ1n) is 3.62. The second-order valence-corrected chi connectivity index (χ2v) is 5.17. The molecule has 0 aliphatic carbocycles. The van der Waals surface area contributed by atoms with E-state index in [2.05, 4.69) is 15.4 Å². The zero-order valence-corrected chi connectivity index (χ0v) is 8.80. The Hall–Kier alpha value is -0.833. The van der Waals surface area contributed by atoms with Crippen molar-refractivity contribution in [3.8, 4) is 0 Å². The predicted octanol–water partition coefficient (Wildman–Crippen LogP) is -0.910. The van der Waals surface area contributed by atoms with E-state index < -0.39 is 8.80 Å². The maximum Gasteiger partial charge on any atom is 0.524 e. The average Bonchev–Trinajstić information content (AvgIpc) is 2.67. The van der Waals surface area contributed by atoms with Crippen molar-refractivity contribution < 1.29 is 13.3 Å². The first kappa shape index (κ1) is 10.2. The standard InChI is InChI=1S/C5H12N4O3Si/c1-10-13(11-2,12-3)5-9-7-4-6-8-9/h4H,5H2,1-3H3. The Morgan fingerprint density at radius 3 is 2.23 bits per heavy atom. The summed E-state index contributed by atoms with van der Waals surface area (Å²) >= 11 is 0. The van der Waals surface area contributed by atoms with Crippen LogP contribution in [0.5, 0.6) is 0 Å². The van der Waals surface area contributed by atoms with E-state index in [1.54, 1.807) is 0 Å². The molecule has 1 aromatic rings. The molecule has 0 aromatic carbocycles. The van der Waals surface area contributed by atoms with Gasteiger partial charge >= 0.3 is 8.80 Å². The molecule has 0 bridgehead atoms. The van der Waals surface area contributed by atoms with Crippen LogP contribution in [-0.2, 0) is 19.4 Å². The third kappa shape index (κ3) is 2.31. The van der Waals surface area contributed by atoms with Gasteiger partial charge in [0.25, 0.3) is 0 Å². The van der Waals surface area contributed by atoms with E-state index in [9.17, 15) is 0 Å². The molecule has 0 N–H and O–H groups in total. The molecule has 0 spiro atoms. The van der Waals surface area contributed by atoms with Crippen LogP contribution in [0.3, 0.4) is 0 Å². The number of hydrogen-bond donors (Lipinski definition) is 0. The van der Waals surface area contributed by atoms with Gasteiger partial charge in [-0.3, -0.25) is 0 Å². The molecular weight excluding hydrogens is 192 g/mol. The molecule has 74 valence electrons. The lowest BCUT2D eigenvalue weighted by atomic mass is 11.4. The monoisotopic (exact) mass is 204 g/mol. The SMILES string of the molecule is CO[Si](Cn1ncnn1)(OC)OC. The van der Waals surface area contributed by atoms with Crippen LogP contribution in [0.4, 0.5) is 0 Å². The van der Waals surface area contributed by atoms with E-state index >= 15 is 0 Å². The lowest BCUT2D eigenvalue weighted by Gasteiger charge is -2.22. The molecule has 0 saturated heterocycles. The summed E-state index contributed by atoms with van der Waals surface area (Å²) < 4.78 is 15.5. The van der Waals surface area contributed by atoms with Gasteiger partial charge < -0.3 is 13.3 Å². The molecule has 1 aromatic heterocycles. The molecule has 8 heteroatoms. The summed E-state index contributed by atoms with van der Waals surface area (Å²) in [6, 6.07) is 0. The van der Waals surface area contributed by atoms with Crippen molar-refractivity contribution in [2.24, 2.45) is 0 Å². The van der Waals surface area contributed by atoms with Crippen molar-refractivity contribution in [1.29, 1.82) is 0 Å². The number of tetrazole rings is 1. The molecule has 0 fully saturated rings. The predicted molar refractivity (Wildman–Crippen MR) is 44.6 cm³/mol. The highest BCUT2D eigenvalue weighted by molar-refractivity contribution is 6.59. The summed E-state index contributed by atoms with van der Waals surface area (Å²) in [4.78, 5) is 1.38. The molecule has 0 aliphatic rings. The topological polar surface area (TPSA) is 71.3 Å². The quantitative estimate of drug-likeness (QED) is 0.578. The summed E-state index contributed by atoms with van der Waals surface area (Å²) in [5, 5.41) is 11.1. The third-order valence-electron chi connectivity index (χ3n) is 1.66. The summed E-state index contributed by atoms with van der Waals surface area (Å²) in [5.41, 5.74) is 0. The first-order chi connectivity index (χ1) is 6.26. The largest absolute Gasteiger partial charge is 0.524 e. The molecular formula is C5H12N4O3Si. The molecule has 0 aliphatic heterocycles. The van der Waals surface area contributed by atoms with Crippen molar-refractivity contribution in [3.63, 3.8) is 0 Å². The van der Waals surface area contributed by atoms with Crippen LogP contribution in [0, 0.1) is 0 Å². The van der Waals surface area contributed by atoms with Gasteiger partial charge in [-0.05, 0) is 5.21 Å². The Balaban J connectivity index is 2.67. The fraction of sp³-hybridized carbons (Fsp3) is 0.800. The van der Waals surface area contributed by atoms with Crippen LogP contribution in [0.15, 0.2) is 6.33 Å². The second kappa shape index (κ2) is 4.42. The van der Waals surface area contributed by atoms with Gasteiger partial charge in [0.1, 0.15) is 6.17 Å². The minimum Gasteiger partial charge on any atom is -0.376 e. The van der Waals surface area contributed by atoms with E-state index in [0.29, 0.717) is 6.17 Å². The van der Waals surface area contributed by atoms with Crippen LogP contribution in [0.2, 0.25) is 0 Å². The maximum absolute atomic E-state index is 5.18. The van der Waals surface area contributed by atoms with Gasteiger partial charge in [-0.2, -0.15) is 4.80 Å². The van der Waals surface area contributed by atoms with Gasteiger partial charge in [-0.25, -0.2) is 0 Å². The number of aromatic nitrogens is 4. The highest BCUT2D eigenvalue weighted by Gasteiger charge is 2.39. The highest BCUT2D eigenvalue weighted by atomic mass is 28.4. The minimum atomic E-state index is -2.62. The second-order valence-electron chi connectivity index (χ2n) is 2.26. The molecule has 0 atom stereocenters. The normalized spacial score (nSPS) is 11.9. The van der Waals surface area contributed by atoms with Crippen LogP contribution >= 0.6 is 0 Å². The van der Waals surface area contributed by atoms with Gasteiger partial charge in [0.15, 0.2) is 6.33 Å². The summed E-state index contributed by atoms with van der Waals surface area (Å²) in [5.74, 6) is 0. The lowest BCUT2D eigenvalue weighted by molar-refractivity contribution is 0.112. The van der Waals surface area contributed by atoms with E-state index in [0.717, 1.165) is 0 Å². The molecule has 7 nitrogen and oxygen atoms in total. The summed E-state index contributed by atoms with van der Waals surface area (Å²) in [6.07, 6.45) is 1.70. The zero-order valence-electron chi connectivity index (χ0n) is 7.80. The van der Waals surface area contributed by atoms with Gasteiger partial charge in [0, 0.05) is 21.3 Å². The van der Waals surface area contributed by atoms with E-state index in [-0.39, 0.29) is 0 Å². The van der Waals surface area contributed by atoms with Gasteiger partial charge in [-0.1, -0.05) is 0 Å². The maximum atomic E-state index is 5.18. The Kier molecular flexibility index (Phi) is 3.48. The van der Waals surface area contributed by atoms with Gasteiger partial charge in [0.2, 0.25) is 0 Å². The fourth-order valence-corrected chi connectivity index (χ4v) is 2.26. The smallest absolute Gasteiger partial charge is 0.376 e. The lowest BCUT2D eigenvalue weighted by Crippen LogP contribution is -2.48. The molecule has 1 rings (SSSR count). The fourth-order valence-electron chi connectivity index (χ4n) is 0.878. The zero-order chi connectivity index (χ0) is 9.73. The van der Waals surface area contributed by atoms with E-state index in [4.69, 9.17) is 13.3 Å². The first-order valence-corrected chi connectivity index (χ1v) is 5.56.